The number of hydrogen-bond donors (Lipinski definition) is 2. The van der Waals surface area contributed by atoms with E-state index in [4.69, 9.17) is 9.47 Å². The molecule has 11 heteroatoms. The molecule has 1 saturated carbocycles. The van der Waals surface area contributed by atoms with Crippen LogP contribution < -0.4 is 14.8 Å². The molecule has 3 aromatic rings. The molecule has 11 nitrogen and oxygen atoms in total. The molecule has 3 aromatic heterocycles. The fourth-order valence-electron chi connectivity index (χ4n) is 3.86. The smallest absolute Gasteiger partial charge is 0.306 e. The van der Waals surface area contributed by atoms with Gasteiger partial charge in [0, 0.05) is 19.3 Å². The fourth-order valence-corrected chi connectivity index (χ4v) is 3.86. The third kappa shape index (κ3) is 5.54. The SMILES string of the molecule is CCOc1ccnc(NCc2c(-c3ncc(O[C@H]4CCC[C@H](C(=O)O)C4)cn3)cnn2C)n1. The van der Waals surface area contributed by atoms with Gasteiger partial charge in [-0.25, -0.2) is 15.0 Å². The summed E-state index contributed by atoms with van der Waals surface area (Å²) in [6.07, 6.45) is 9.31. The lowest BCUT2D eigenvalue weighted by atomic mass is 9.87. The molecular formula is C22H27N7O4. The second-order valence-electron chi connectivity index (χ2n) is 7.82. The summed E-state index contributed by atoms with van der Waals surface area (Å²) in [5, 5.41) is 16.8. The van der Waals surface area contributed by atoms with Gasteiger partial charge in [0.25, 0.3) is 0 Å². The standard InChI is InChI=1S/C22H27N7O4/c1-3-32-19-7-8-23-22(28-19)26-13-18-17(12-27-29(18)2)20-24-10-16(11-25-20)33-15-6-4-5-14(9-15)21(30)31/h7-8,10-12,14-15H,3-6,9,13H2,1-2H3,(H,30,31)(H,23,26,28)/t14-,15-/m0/s1. The van der Waals surface area contributed by atoms with Crippen molar-refractivity contribution in [3.05, 3.63) is 36.5 Å². The molecular weight excluding hydrogens is 426 g/mol. The van der Waals surface area contributed by atoms with E-state index in [1.54, 1.807) is 35.5 Å². The second kappa shape index (κ2) is 10.2. The molecule has 4 rings (SSSR count). The van der Waals surface area contributed by atoms with Crippen molar-refractivity contribution < 1.29 is 19.4 Å². The number of aliphatic carboxylic acids is 1. The number of carboxylic acids is 1. The Morgan fingerprint density at radius 3 is 2.82 bits per heavy atom. The maximum Gasteiger partial charge on any atom is 0.306 e. The lowest BCUT2D eigenvalue weighted by Gasteiger charge is -2.27. The van der Waals surface area contributed by atoms with E-state index in [9.17, 15) is 9.90 Å². The summed E-state index contributed by atoms with van der Waals surface area (Å²) < 4.78 is 13.1. The van der Waals surface area contributed by atoms with Crippen LogP contribution in [0, 0.1) is 5.92 Å². The number of carbonyl (C=O) groups is 1. The molecule has 174 valence electrons. The Morgan fingerprint density at radius 2 is 2.06 bits per heavy atom. The van der Waals surface area contributed by atoms with Crippen LogP contribution in [0.15, 0.2) is 30.9 Å². The number of anilines is 1. The van der Waals surface area contributed by atoms with E-state index >= 15 is 0 Å². The van der Waals surface area contributed by atoms with Crippen LogP contribution in [-0.4, -0.2) is 53.5 Å². The molecule has 0 amide bonds. The first-order valence-electron chi connectivity index (χ1n) is 11.0. The number of carboxylic acid groups (broad SMARTS) is 1. The zero-order chi connectivity index (χ0) is 23.2. The van der Waals surface area contributed by atoms with Gasteiger partial charge in [0.15, 0.2) is 11.6 Å². The van der Waals surface area contributed by atoms with Crippen molar-refractivity contribution in [1.29, 1.82) is 0 Å². The Kier molecular flexibility index (Phi) is 6.96. The average molecular weight is 454 g/mol. The summed E-state index contributed by atoms with van der Waals surface area (Å²) in [6, 6.07) is 1.71. The Morgan fingerprint density at radius 1 is 1.24 bits per heavy atom. The van der Waals surface area contributed by atoms with E-state index in [-0.39, 0.29) is 12.0 Å². The van der Waals surface area contributed by atoms with Crippen LogP contribution >= 0.6 is 0 Å². The van der Waals surface area contributed by atoms with Crippen molar-refractivity contribution in [3.63, 3.8) is 0 Å². The predicted molar refractivity (Wildman–Crippen MR) is 119 cm³/mol. The topological polar surface area (TPSA) is 137 Å². The molecule has 0 bridgehead atoms. The Balaban J connectivity index is 1.42. The van der Waals surface area contributed by atoms with Crippen LogP contribution in [0.2, 0.25) is 0 Å². The molecule has 0 saturated heterocycles. The average Bonchev–Trinajstić information content (AvgIpc) is 3.19. The van der Waals surface area contributed by atoms with Gasteiger partial charge in [-0.2, -0.15) is 10.1 Å². The van der Waals surface area contributed by atoms with Crippen molar-refractivity contribution in [2.45, 2.75) is 45.3 Å². The normalized spacial score (nSPS) is 18.0. The maximum atomic E-state index is 11.3. The number of aromatic nitrogens is 6. The van der Waals surface area contributed by atoms with Crippen LogP contribution in [0.5, 0.6) is 11.6 Å². The summed E-state index contributed by atoms with van der Waals surface area (Å²) in [4.78, 5) is 28.7. The first-order chi connectivity index (χ1) is 16.0. The van der Waals surface area contributed by atoms with E-state index in [1.165, 1.54) is 0 Å². The molecule has 33 heavy (non-hydrogen) atoms. The van der Waals surface area contributed by atoms with Gasteiger partial charge in [-0.1, -0.05) is 0 Å². The first kappa shape index (κ1) is 22.4. The van der Waals surface area contributed by atoms with Gasteiger partial charge >= 0.3 is 5.97 Å². The van der Waals surface area contributed by atoms with Crippen LogP contribution in [0.3, 0.4) is 0 Å². The van der Waals surface area contributed by atoms with E-state index < -0.39 is 5.97 Å². The zero-order valence-electron chi connectivity index (χ0n) is 18.6. The highest BCUT2D eigenvalue weighted by molar-refractivity contribution is 5.70. The molecule has 0 unspecified atom stereocenters. The lowest BCUT2D eigenvalue weighted by Crippen LogP contribution is -2.29. The summed E-state index contributed by atoms with van der Waals surface area (Å²) in [5.74, 6) is 0.884. The quantitative estimate of drug-likeness (QED) is 0.497. The fraction of sp³-hybridized carbons (Fsp3) is 0.455. The summed E-state index contributed by atoms with van der Waals surface area (Å²) in [6.45, 7) is 2.84. The molecule has 2 atom stereocenters. The summed E-state index contributed by atoms with van der Waals surface area (Å²) in [5.41, 5.74) is 1.65. The molecule has 0 spiro atoms. The first-order valence-corrected chi connectivity index (χ1v) is 11.0. The molecule has 2 N–H and O–H groups in total. The van der Waals surface area contributed by atoms with Gasteiger partial charge < -0.3 is 19.9 Å². The lowest BCUT2D eigenvalue weighted by molar-refractivity contribution is -0.143. The minimum Gasteiger partial charge on any atom is -0.487 e. The maximum absolute atomic E-state index is 11.3. The number of nitrogens with zero attached hydrogens (tertiary/aromatic N) is 6. The number of rotatable bonds is 9. The third-order valence-electron chi connectivity index (χ3n) is 5.54. The van der Waals surface area contributed by atoms with Crippen molar-refractivity contribution in [2.24, 2.45) is 13.0 Å². The van der Waals surface area contributed by atoms with E-state index in [0.717, 1.165) is 24.1 Å². The van der Waals surface area contributed by atoms with E-state index in [0.29, 0.717) is 49.4 Å². The van der Waals surface area contributed by atoms with Crippen LogP contribution in [0.4, 0.5) is 5.95 Å². The minimum atomic E-state index is -0.761. The molecule has 0 aliphatic heterocycles. The molecule has 0 aromatic carbocycles. The Bertz CT molecular complexity index is 1090. The number of hydrogen-bond acceptors (Lipinski definition) is 9. The number of ether oxygens (including phenoxy) is 2. The van der Waals surface area contributed by atoms with Crippen molar-refractivity contribution in [1.82, 2.24) is 29.7 Å². The second-order valence-corrected chi connectivity index (χ2v) is 7.82. The van der Waals surface area contributed by atoms with E-state index in [1.807, 2.05) is 14.0 Å². The van der Waals surface area contributed by atoms with Gasteiger partial charge in [-0.3, -0.25) is 9.48 Å². The Hall–Kier alpha value is -3.76. The summed E-state index contributed by atoms with van der Waals surface area (Å²) >= 11 is 0. The largest absolute Gasteiger partial charge is 0.487 e. The highest BCUT2D eigenvalue weighted by Crippen LogP contribution is 2.28. The van der Waals surface area contributed by atoms with Crippen molar-refractivity contribution >= 4 is 11.9 Å². The van der Waals surface area contributed by atoms with Gasteiger partial charge in [0.1, 0.15) is 0 Å². The predicted octanol–water partition coefficient (Wildman–Crippen LogP) is 2.70. The highest BCUT2D eigenvalue weighted by Gasteiger charge is 2.28. The van der Waals surface area contributed by atoms with Gasteiger partial charge in [-0.05, 0) is 32.6 Å². The Labute approximate surface area is 191 Å². The molecule has 1 aliphatic rings. The highest BCUT2D eigenvalue weighted by atomic mass is 16.5. The zero-order valence-corrected chi connectivity index (χ0v) is 18.6. The molecule has 3 heterocycles. The van der Waals surface area contributed by atoms with Gasteiger partial charge in [0.05, 0.1) is 55.0 Å². The van der Waals surface area contributed by atoms with Gasteiger partial charge in [-0.15, -0.1) is 0 Å². The molecule has 0 radical (unpaired) electrons. The number of nitrogens with one attached hydrogen (secondary N) is 1. The minimum absolute atomic E-state index is 0.139. The van der Waals surface area contributed by atoms with Crippen molar-refractivity contribution in [2.75, 3.05) is 11.9 Å². The van der Waals surface area contributed by atoms with Crippen molar-refractivity contribution in [3.8, 4) is 23.0 Å². The molecule has 1 fully saturated rings. The van der Waals surface area contributed by atoms with E-state index in [2.05, 4.69) is 30.4 Å². The monoisotopic (exact) mass is 453 g/mol. The van der Waals surface area contributed by atoms with Crippen LogP contribution in [0.25, 0.3) is 11.4 Å². The summed E-state index contributed by atoms with van der Waals surface area (Å²) in [7, 11) is 1.84. The number of aryl methyl sites for hydroxylation is 1. The third-order valence-corrected chi connectivity index (χ3v) is 5.54. The van der Waals surface area contributed by atoms with Crippen LogP contribution in [0.1, 0.15) is 38.3 Å². The van der Waals surface area contributed by atoms with Gasteiger partial charge in [0.2, 0.25) is 11.8 Å². The molecule has 1 aliphatic carbocycles. The van der Waals surface area contributed by atoms with Crippen LogP contribution in [-0.2, 0) is 18.4 Å².